The highest BCUT2D eigenvalue weighted by atomic mass is 35.5. The first-order valence-corrected chi connectivity index (χ1v) is 9.24. The molecule has 0 aliphatic heterocycles. The molecule has 0 saturated heterocycles. The Morgan fingerprint density at radius 1 is 1.13 bits per heavy atom. The molecule has 1 aromatic carbocycles. The maximum absolute atomic E-state index is 12.1. The standard InChI is InChI=1S/C15H24ClN3O3S/c1-13(20)19(11-4-10-18(2)3)12-9-17-23(21,22)15-7-5-14(16)6-8-15/h5-8,17H,4,9-12H2,1-3H3. The van der Waals surface area contributed by atoms with Crippen molar-refractivity contribution in [2.24, 2.45) is 0 Å². The van der Waals surface area contributed by atoms with Crippen LogP contribution in [0.5, 0.6) is 0 Å². The number of benzene rings is 1. The summed E-state index contributed by atoms with van der Waals surface area (Å²) in [5.41, 5.74) is 0. The first-order valence-electron chi connectivity index (χ1n) is 7.38. The van der Waals surface area contributed by atoms with Crippen LogP contribution in [0.15, 0.2) is 29.2 Å². The molecule has 0 aliphatic carbocycles. The molecule has 0 heterocycles. The molecule has 0 unspecified atom stereocenters. The predicted molar refractivity (Wildman–Crippen MR) is 92.1 cm³/mol. The van der Waals surface area contributed by atoms with Crippen molar-refractivity contribution in [3.05, 3.63) is 29.3 Å². The van der Waals surface area contributed by atoms with Crippen molar-refractivity contribution < 1.29 is 13.2 Å². The summed E-state index contributed by atoms with van der Waals surface area (Å²) in [7, 11) is 0.354. The quantitative estimate of drug-likeness (QED) is 0.722. The van der Waals surface area contributed by atoms with Gasteiger partial charge in [0.05, 0.1) is 4.90 Å². The van der Waals surface area contributed by atoms with Gasteiger partial charge in [-0.2, -0.15) is 0 Å². The fraction of sp³-hybridized carbons (Fsp3) is 0.533. The van der Waals surface area contributed by atoms with Gasteiger partial charge in [0.2, 0.25) is 15.9 Å². The van der Waals surface area contributed by atoms with Gasteiger partial charge in [-0.15, -0.1) is 0 Å². The Bertz CT molecular complexity index is 603. The molecule has 0 aromatic heterocycles. The van der Waals surface area contributed by atoms with Gasteiger partial charge < -0.3 is 9.80 Å². The Kier molecular flexibility index (Phi) is 7.98. The number of rotatable bonds is 9. The molecule has 0 aliphatic rings. The summed E-state index contributed by atoms with van der Waals surface area (Å²) >= 11 is 5.75. The zero-order valence-corrected chi connectivity index (χ0v) is 15.3. The number of nitrogens with zero attached hydrogens (tertiary/aromatic N) is 2. The van der Waals surface area contributed by atoms with Crippen molar-refractivity contribution in [2.75, 3.05) is 40.3 Å². The average Bonchev–Trinajstić information content (AvgIpc) is 2.45. The van der Waals surface area contributed by atoms with E-state index in [4.69, 9.17) is 11.6 Å². The third-order valence-electron chi connectivity index (χ3n) is 3.28. The SMILES string of the molecule is CC(=O)N(CCCN(C)C)CCNS(=O)(=O)c1ccc(Cl)cc1. The van der Waals surface area contributed by atoms with Crippen molar-refractivity contribution >= 4 is 27.5 Å². The first kappa shape index (κ1) is 19.9. The van der Waals surface area contributed by atoms with E-state index in [9.17, 15) is 13.2 Å². The highest BCUT2D eigenvalue weighted by Crippen LogP contribution is 2.13. The minimum Gasteiger partial charge on any atom is -0.342 e. The monoisotopic (exact) mass is 361 g/mol. The molecule has 0 spiro atoms. The van der Waals surface area contributed by atoms with E-state index < -0.39 is 10.0 Å². The minimum atomic E-state index is -3.59. The zero-order chi connectivity index (χ0) is 17.5. The van der Waals surface area contributed by atoms with Crippen LogP contribution in [-0.2, 0) is 14.8 Å². The molecule has 6 nitrogen and oxygen atoms in total. The number of sulfonamides is 1. The predicted octanol–water partition coefficient (Wildman–Crippen LogP) is 1.42. The number of amides is 1. The zero-order valence-electron chi connectivity index (χ0n) is 13.8. The van der Waals surface area contributed by atoms with Crippen molar-refractivity contribution in [2.45, 2.75) is 18.2 Å². The second kappa shape index (κ2) is 9.22. The second-order valence-corrected chi connectivity index (χ2v) is 7.72. The molecule has 1 aromatic rings. The third kappa shape index (κ3) is 7.30. The lowest BCUT2D eigenvalue weighted by Crippen LogP contribution is -2.38. The van der Waals surface area contributed by atoms with E-state index in [1.807, 2.05) is 19.0 Å². The van der Waals surface area contributed by atoms with Gasteiger partial charge >= 0.3 is 0 Å². The van der Waals surface area contributed by atoms with Gasteiger partial charge in [0.1, 0.15) is 0 Å². The Balaban J connectivity index is 2.51. The Hall–Kier alpha value is -1.15. The summed E-state index contributed by atoms with van der Waals surface area (Å²) in [6.45, 7) is 3.49. The molecule has 130 valence electrons. The van der Waals surface area contributed by atoms with Crippen LogP contribution in [0.1, 0.15) is 13.3 Å². The minimum absolute atomic E-state index is 0.0607. The highest BCUT2D eigenvalue weighted by molar-refractivity contribution is 7.89. The second-order valence-electron chi connectivity index (χ2n) is 5.51. The van der Waals surface area contributed by atoms with Crippen LogP contribution < -0.4 is 4.72 Å². The number of nitrogens with one attached hydrogen (secondary N) is 1. The van der Waals surface area contributed by atoms with Crippen LogP contribution in [0.25, 0.3) is 0 Å². The van der Waals surface area contributed by atoms with E-state index in [0.717, 1.165) is 13.0 Å². The van der Waals surface area contributed by atoms with Crippen LogP contribution >= 0.6 is 11.6 Å². The van der Waals surface area contributed by atoms with E-state index in [-0.39, 0.29) is 17.3 Å². The van der Waals surface area contributed by atoms with Gasteiger partial charge in [-0.05, 0) is 51.3 Å². The van der Waals surface area contributed by atoms with E-state index >= 15 is 0 Å². The fourth-order valence-corrected chi connectivity index (χ4v) is 3.16. The number of carbonyl (C=O) groups excluding carboxylic acids is 1. The highest BCUT2D eigenvalue weighted by Gasteiger charge is 2.15. The largest absolute Gasteiger partial charge is 0.342 e. The lowest BCUT2D eigenvalue weighted by molar-refractivity contribution is -0.128. The summed E-state index contributed by atoms with van der Waals surface area (Å²) < 4.78 is 26.8. The van der Waals surface area contributed by atoms with E-state index in [0.29, 0.717) is 18.1 Å². The van der Waals surface area contributed by atoms with Crippen molar-refractivity contribution in [1.29, 1.82) is 0 Å². The smallest absolute Gasteiger partial charge is 0.240 e. The van der Waals surface area contributed by atoms with Gasteiger partial charge in [-0.3, -0.25) is 4.79 Å². The van der Waals surface area contributed by atoms with Crippen LogP contribution in [0, 0.1) is 0 Å². The summed E-state index contributed by atoms with van der Waals surface area (Å²) in [5, 5.41) is 0.479. The molecule has 0 bridgehead atoms. The van der Waals surface area contributed by atoms with Gasteiger partial charge in [0.25, 0.3) is 0 Å². The Morgan fingerprint density at radius 2 is 1.74 bits per heavy atom. The fourth-order valence-electron chi connectivity index (χ4n) is 2.02. The summed E-state index contributed by atoms with van der Waals surface area (Å²) in [6, 6.07) is 5.95. The summed E-state index contributed by atoms with van der Waals surface area (Å²) in [4.78, 5) is 15.4. The molecule has 1 amide bonds. The number of halogens is 1. The van der Waals surface area contributed by atoms with Crippen molar-refractivity contribution in [3.63, 3.8) is 0 Å². The number of hydrogen-bond acceptors (Lipinski definition) is 4. The Morgan fingerprint density at radius 3 is 2.26 bits per heavy atom. The maximum Gasteiger partial charge on any atom is 0.240 e. The average molecular weight is 362 g/mol. The van der Waals surface area contributed by atoms with Gasteiger partial charge in [0.15, 0.2) is 0 Å². The van der Waals surface area contributed by atoms with E-state index in [1.54, 1.807) is 4.90 Å². The number of carbonyl (C=O) groups is 1. The summed E-state index contributed by atoms with van der Waals surface area (Å²) in [6.07, 6.45) is 0.844. The molecule has 23 heavy (non-hydrogen) atoms. The molecular formula is C15H24ClN3O3S. The molecule has 8 heteroatoms. The van der Waals surface area contributed by atoms with E-state index in [2.05, 4.69) is 4.72 Å². The van der Waals surface area contributed by atoms with Crippen molar-refractivity contribution in [3.8, 4) is 0 Å². The molecule has 0 atom stereocenters. The van der Waals surface area contributed by atoms with Crippen LogP contribution in [0.3, 0.4) is 0 Å². The molecular weight excluding hydrogens is 338 g/mol. The molecule has 1 rings (SSSR count). The lowest BCUT2D eigenvalue weighted by Gasteiger charge is -2.22. The normalized spacial score (nSPS) is 11.7. The van der Waals surface area contributed by atoms with Gasteiger partial charge in [-0.25, -0.2) is 13.1 Å². The van der Waals surface area contributed by atoms with Crippen LogP contribution in [0.2, 0.25) is 5.02 Å². The van der Waals surface area contributed by atoms with Gasteiger partial charge in [-0.1, -0.05) is 11.6 Å². The van der Waals surface area contributed by atoms with Crippen molar-refractivity contribution in [1.82, 2.24) is 14.5 Å². The maximum atomic E-state index is 12.1. The Labute approximate surface area is 143 Å². The molecule has 0 fully saturated rings. The molecule has 0 saturated carbocycles. The topological polar surface area (TPSA) is 69.7 Å². The van der Waals surface area contributed by atoms with E-state index in [1.165, 1.54) is 31.2 Å². The van der Waals surface area contributed by atoms with Gasteiger partial charge in [0, 0.05) is 31.6 Å². The number of hydrogen-bond donors (Lipinski definition) is 1. The summed E-state index contributed by atoms with van der Waals surface area (Å²) in [5.74, 6) is -0.0607. The first-order chi connectivity index (χ1) is 10.7. The third-order valence-corrected chi connectivity index (χ3v) is 5.01. The molecule has 0 radical (unpaired) electrons. The lowest BCUT2D eigenvalue weighted by atomic mass is 10.3. The molecule has 1 N–H and O–H groups in total. The van der Waals surface area contributed by atoms with Crippen LogP contribution in [0.4, 0.5) is 0 Å². The van der Waals surface area contributed by atoms with Crippen LogP contribution in [-0.4, -0.2) is 64.4 Å².